The Morgan fingerprint density at radius 1 is 1.53 bits per heavy atom. The first-order valence-corrected chi connectivity index (χ1v) is 8.86. The van der Waals surface area contributed by atoms with E-state index in [9.17, 15) is 8.42 Å². The molecule has 7 heteroatoms. The zero-order chi connectivity index (χ0) is 12.6. The second kappa shape index (κ2) is 5.17. The van der Waals surface area contributed by atoms with Gasteiger partial charge < -0.3 is 0 Å². The Balaban J connectivity index is 2.22. The van der Waals surface area contributed by atoms with Gasteiger partial charge in [0.05, 0.1) is 4.34 Å². The normalized spacial score (nSPS) is 27.2. The van der Waals surface area contributed by atoms with E-state index in [2.05, 4.69) is 22.9 Å². The minimum Gasteiger partial charge on any atom is -0.206 e. The van der Waals surface area contributed by atoms with E-state index in [4.69, 9.17) is 11.6 Å². The Morgan fingerprint density at radius 2 is 2.24 bits per heavy atom. The van der Waals surface area contributed by atoms with Gasteiger partial charge in [-0.2, -0.15) is 4.31 Å². The largest absolute Gasteiger partial charge is 0.252 e. The number of piperidine rings is 1. The van der Waals surface area contributed by atoms with Gasteiger partial charge >= 0.3 is 0 Å². The molecule has 96 valence electrons. The zero-order valence-electron chi connectivity index (χ0n) is 9.27. The summed E-state index contributed by atoms with van der Waals surface area (Å²) >= 11 is 10.4. The zero-order valence-corrected chi connectivity index (χ0v) is 13.2. The number of nitrogens with zero attached hydrogens (tertiary/aromatic N) is 1. The first-order valence-electron chi connectivity index (χ1n) is 5.31. The van der Waals surface area contributed by atoms with E-state index >= 15 is 0 Å². The summed E-state index contributed by atoms with van der Waals surface area (Å²) in [5.41, 5.74) is 0. The van der Waals surface area contributed by atoms with Crippen molar-refractivity contribution >= 4 is 48.9 Å². The molecule has 0 spiro atoms. The predicted octanol–water partition coefficient (Wildman–Crippen LogP) is 3.20. The van der Waals surface area contributed by atoms with Gasteiger partial charge in [0.1, 0.15) is 4.21 Å². The predicted molar refractivity (Wildman–Crippen MR) is 74.6 cm³/mol. The topological polar surface area (TPSA) is 37.4 Å². The van der Waals surface area contributed by atoms with E-state index in [0.29, 0.717) is 27.6 Å². The molecule has 1 saturated heterocycles. The highest BCUT2D eigenvalue weighted by Crippen LogP contribution is 2.32. The number of thiophene rings is 1. The second-order valence-electron chi connectivity index (χ2n) is 4.20. The molecule has 0 aromatic carbocycles. The molecule has 17 heavy (non-hydrogen) atoms. The third kappa shape index (κ3) is 2.87. The van der Waals surface area contributed by atoms with Gasteiger partial charge in [-0.25, -0.2) is 8.42 Å². The molecule has 1 aromatic heterocycles. The standard InChI is InChI=1S/C10H13BrClNO2S2/c1-7-4-5-13(6-8(7)11)17(14,15)10-3-2-9(12)16-10/h2-3,7-8H,4-6H2,1H3. The molecule has 0 amide bonds. The van der Waals surface area contributed by atoms with Gasteiger partial charge in [0.2, 0.25) is 0 Å². The van der Waals surface area contributed by atoms with E-state index in [0.717, 1.165) is 17.8 Å². The molecule has 0 saturated carbocycles. The third-order valence-electron chi connectivity index (χ3n) is 2.97. The Bertz CT molecular complexity index is 502. The lowest BCUT2D eigenvalue weighted by Gasteiger charge is -2.32. The van der Waals surface area contributed by atoms with Crippen molar-refractivity contribution in [3.63, 3.8) is 0 Å². The van der Waals surface area contributed by atoms with Gasteiger partial charge in [-0.15, -0.1) is 11.3 Å². The van der Waals surface area contributed by atoms with Crippen LogP contribution in [0.5, 0.6) is 0 Å². The average molecular weight is 359 g/mol. The van der Waals surface area contributed by atoms with E-state index in [1.165, 1.54) is 4.31 Å². The minimum atomic E-state index is -3.36. The molecule has 0 aliphatic carbocycles. The van der Waals surface area contributed by atoms with E-state index in [1.807, 2.05) is 0 Å². The molecule has 3 nitrogen and oxygen atoms in total. The maximum Gasteiger partial charge on any atom is 0.252 e. The number of hydrogen-bond donors (Lipinski definition) is 0. The van der Waals surface area contributed by atoms with Crippen LogP contribution in [0, 0.1) is 5.92 Å². The Morgan fingerprint density at radius 3 is 2.76 bits per heavy atom. The Labute approximate surface area is 119 Å². The van der Waals surface area contributed by atoms with Crippen LogP contribution in [0.4, 0.5) is 0 Å². The van der Waals surface area contributed by atoms with Gasteiger partial charge in [0.15, 0.2) is 0 Å². The Kier molecular flexibility index (Phi) is 4.20. The van der Waals surface area contributed by atoms with E-state index in [1.54, 1.807) is 12.1 Å². The van der Waals surface area contributed by atoms with Crippen molar-refractivity contribution in [2.24, 2.45) is 5.92 Å². The van der Waals surface area contributed by atoms with Gasteiger partial charge in [-0.05, 0) is 24.5 Å². The van der Waals surface area contributed by atoms with Crippen LogP contribution in [0.1, 0.15) is 13.3 Å². The summed E-state index contributed by atoms with van der Waals surface area (Å²) in [5.74, 6) is 0.508. The molecule has 2 atom stereocenters. The average Bonchev–Trinajstić information content (AvgIpc) is 2.69. The summed E-state index contributed by atoms with van der Waals surface area (Å²) in [6, 6.07) is 3.20. The quantitative estimate of drug-likeness (QED) is 0.761. The lowest BCUT2D eigenvalue weighted by Crippen LogP contribution is -2.43. The fraction of sp³-hybridized carbons (Fsp3) is 0.600. The molecule has 2 heterocycles. The number of sulfonamides is 1. The van der Waals surface area contributed by atoms with Gasteiger partial charge in [-0.1, -0.05) is 34.5 Å². The number of alkyl halides is 1. The first-order chi connectivity index (χ1) is 7.91. The SMILES string of the molecule is CC1CCN(S(=O)(=O)c2ccc(Cl)s2)CC1Br. The van der Waals surface area contributed by atoms with Gasteiger partial charge in [0.25, 0.3) is 10.0 Å². The molecule has 1 aromatic rings. The van der Waals surface area contributed by atoms with Crippen LogP contribution in [-0.4, -0.2) is 30.6 Å². The molecule has 0 bridgehead atoms. The number of hydrogen-bond acceptors (Lipinski definition) is 3. The van der Waals surface area contributed by atoms with Crippen molar-refractivity contribution in [3.8, 4) is 0 Å². The molecular weight excluding hydrogens is 346 g/mol. The molecule has 0 N–H and O–H groups in total. The summed E-state index contributed by atoms with van der Waals surface area (Å²) in [4.78, 5) is 0.224. The highest BCUT2D eigenvalue weighted by Gasteiger charge is 2.33. The summed E-state index contributed by atoms with van der Waals surface area (Å²) in [5, 5.41) is 0. The summed E-state index contributed by atoms with van der Waals surface area (Å²) < 4.78 is 27.0. The lowest BCUT2D eigenvalue weighted by molar-refractivity contribution is 0.300. The fourth-order valence-electron chi connectivity index (χ4n) is 1.78. The fourth-order valence-corrected chi connectivity index (χ4v) is 5.70. The van der Waals surface area contributed by atoms with Crippen molar-refractivity contribution in [2.45, 2.75) is 22.4 Å². The van der Waals surface area contributed by atoms with Crippen molar-refractivity contribution < 1.29 is 8.42 Å². The summed E-state index contributed by atoms with van der Waals surface area (Å²) in [7, 11) is -3.36. The van der Waals surface area contributed by atoms with Crippen molar-refractivity contribution in [2.75, 3.05) is 13.1 Å². The van der Waals surface area contributed by atoms with Crippen LogP contribution in [-0.2, 0) is 10.0 Å². The molecule has 1 aliphatic rings. The van der Waals surface area contributed by atoms with Crippen molar-refractivity contribution in [3.05, 3.63) is 16.5 Å². The highest BCUT2D eigenvalue weighted by molar-refractivity contribution is 9.09. The number of rotatable bonds is 2. The van der Waals surface area contributed by atoms with Crippen LogP contribution < -0.4 is 0 Å². The monoisotopic (exact) mass is 357 g/mol. The van der Waals surface area contributed by atoms with E-state index < -0.39 is 10.0 Å². The van der Waals surface area contributed by atoms with Crippen LogP contribution in [0.2, 0.25) is 4.34 Å². The third-order valence-corrected chi connectivity index (χ3v) is 7.73. The molecule has 1 fully saturated rings. The summed E-state index contributed by atoms with van der Waals surface area (Å²) in [6.45, 7) is 3.24. The maximum absolute atomic E-state index is 12.3. The highest BCUT2D eigenvalue weighted by atomic mass is 79.9. The van der Waals surface area contributed by atoms with E-state index in [-0.39, 0.29) is 4.83 Å². The smallest absolute Gasteiger partial charge is 0.206 e. The number of halogens is 2. The van der Waals surface area contributed by atoms with Crippen LogP contribution in [0.15, 0.2) is 16.3 Å². The Hall–Kier alpha value is 0.380. The second-order valence-corrected chi connectivity index (χ2v) is 9.26. The molecule has 2 rings (SSSR count). The molecule has 0 radical (unpaired) electrons. The lowest BCUT2D eigenvalue weighted by atomic mass is 10.0. The summed E-state index contributed by atoms with van der Waals surface area (Å²) in [6.07, 6.45) is 0.883. The van der Waals surface area contributed by atoms with Crippen LogP contribution in [0.25, 0.3) is 0 Å². The van der Waals surface area contributed by atoms with Crippen LogP contribution in [0.3, 0.4) is 0 Å². The van der Waals surface area contributed by atoms with Crippen LogP contribution >= 0.6 is 38.9 Å². The maximum atomic E-state index is 12.3. The first kappa shape index (κ1) is 13.8. The van der Waals surface area contributed by atoms with Crippen molar-refractivity contribution in [1.29, 1.82) is 0 Å². The van der Waals surface area contributed by atoms with Crippen molar-refractivity contribution in [1.82, 2.24) is 4.31 Å². The van der Waals surface area contributed by atoms with Gasteiger partial charge in [0, 0.05) is 17.9 Å². The minimum absolute atomic E-state index is 0.224. The molecule has 2 unspecified atom stereocenters. The van der Waals surface area contributed by atoms with Gasteiger partial charge in [-0.3, -0.25) is 0 Å². The molecular formula is C10H13BrClNO2S2. The molecule has 1 aliphatic heterocycles.